The molecule has 3 nitrogen and oxygen atoms in total. The molecule has 4 fully saturated rings. The highest BCUT2D eigenvalue weighted by Gasteiger charge is 2.59. The first-order valence-corrected chi connectivity index (χ1v) is 10.6. The van der Waals surface area contributed by atoms with E-state index in [0.717, 1.165) is 49.6 Å². The third-order valence-corrected chi connectivity index (χ3v) is 9.17. The summed E-state index contributed by atoms with van der Waals surface area (Å²) in [7, 11) is 0. The number of hydrogen-bond acceptors (Lipinski definition) is 3. The summed E-state index contributed by atoms with van der Waals surface area (Å²) in [6, 6.07) is 0.686. The second kappa shape index (κ2) is 6.25. The first kappa shape index (κ1) is 17.3. The van der Waals surface area contributed by atoms with E-state index in [2.05, 4.69) is 19.2 Å². The van der Waals surface area contributed by atoms with Gasteiger partial charge in [0.15, 0.2) is 0 Å². The Morgan fingerprint density at radius 2 is 1.71 bits per heavy atom. The van der Waals surface area contributed by atoms with Crippen molar-refractivity contribution in [1.29, 1.82) is 0 Å². The van der Waals surface area contributed by atoms with Crippen molar-refractivity contribution in [2.45, 2.75) is 83.8 Å². The molecule has 4 aliphatic carbocycles. The zero-order valence-corrected chi connectivity index (χ0v) is 15.8. The molecular formula is C21H38N2O. The Morgan fingerprint density at radius 3 is 2.50 bits per heavy atom. The maximum absolute atomic E-state index is 10.1. The lowest BCUT2D eigenvalue weighted by molar-refractivity contribution is -0.123. The largest absolute Gasteiger partial charge is 0.393 e. The molecular weight excluding hydrogens is 296 g/mol. The summed E-state index contributed by atoms with van der Waals surface area (Å²) in [4.78, 5) is 0. The van der Waals surface area contributed by atoms with Gasteiger partial charge in [-0.1, -0.05) is 13.8 Å². The molecule has 4 rings (SSSR count). The lowest BCUT2D eigenvalue weighted by atomic mass is 9.45. The van der Waals surface area contributed by atoms with E-state index in [1.54, 1.807) is 0 Å². The topological polar surface area (TPSA) is 58.3 Å². The molecule has 0 bridgehead atoms. The van der Waals surface area contributed by atoms with E-state index in [0.29, 0.717) is 16.9 Å². The van der Waals surface area contributed by atoms with Crippen LogP contribution in [0.5, 0.6) is 0 Å². The molecule has 0 aliphatic heterocycles. The minimum Gasteiger partial charge on any atom is -0.393 e. The number of nitrogens with one attached hydrogen (secondary N) is 1. The van der Waals surface area contributed by atoms with E-state index in [9.17, 15) is 5.11 Å². The average molecular weight is 335 g/mol. The zero-order valence-electron chi connectivity index (χ0n) is 15.8. The standard InChI is InChI=1S/C21H38N2O/c1-20-9-7-15(24)13-14(20)3-4-16-17-5-6-19(23-12-11-22)21(17,2)10-8-18(16)20/h14-19,23-24H,3-13,22H2,1-2H3/t14-,15-,16-,17-,18-,19+,20-,21-/m0/s1. The van der Waals surface area contributed by atoms with Crippen molar-refractivity contribution in [3.8, 4) is 0 Å². The second-order valence-corrected chi connectivity index (χ2v) is 10.0. The summed E-state index contributed by atoms with van der Waals surface area (Å²) in [6.07, 6.45) is 11.7. The molecule has 138 valence electrons. The number of fused-ring (bicyclic) bond motifs is 5. The van der Waals surface area contributed by atoms with Gasteiger partial charge in [0.2, 0.25) is 0 Å². The SMILES string of the molecule is C[C@]12CC[C@H](O)C[C@@H]1CC[C@@H]1[C@@H]2CC[C@]2(C)[C@H](NCCN)CC[C@@H]12. The summed E-state index contributed by atoms with van der Waals surface area (Å²) in [5.74, 6) is 3.54. The Bertz CT molecular complexity index is 469. The average Bonchev–Trinajstić information content (AvgIpc) is 2.90. The Hall–Kier alpha value is -0.120. The molecule has 0 aromatic carbocycles. The summed E-state index contributed by atoms with van der Waals surface area (Å²) >= 11 is 0. The lowest BCUT2D eigenvalue weighted by Gasteiger charge is -2.61. The van der Waals surface area contributed by atoms with Crippen LogP contribution in [0.15, 0.2) is 0 Å². The van der Waals surface area contributed by atoms with Gasteiger partial charge in [-0.05, 0) is 92.3 Å². The quantitative estimate of drug-likeness (QED) is 0.742. The number of aliphatic hydroxyl groups excluding tert-OH is 1. The molecule has 0 aromatic rings. The van der Waals surface area contributed by atoms with Crippen molar-refractivity contribution >= 4 is 0 Å². The summed E-state index contributed by atoms with van der Waals surface area (Å²) in [5.41, 5.74) is 6.74. The van der Waals surface area contributed by atoms with Crippen LogP contribution in [0.2, 0.25) is 0 Å². The molecule has 3 heteroatoms. The van der Waals surface area contributed by atoms with Crippen LogP contribution in [-0.2, 0) is 0 Å². The van der Waals surface area contributed by atoms with Crippen LogP contribution >= 0.6 is 0 Å². The molecule has 0 saturated heterocycles. The van der Waals surface area contributed by atoms with Gasteiger partial charge in [0, 0.05) is 19.1 Å². The number of nitrogens with two attached hydrogens (primary N) is 1. The van der Waals surface area contributed by atoms with Crippen LogP contribution in [0.25, 0.3) is 0 Å². The van der Waals surface area contributed by atoms with Crippen molar-refractivity contribution in [2.75, 3.05) is 13.1 Å². The third kappa shape index (κ3) is 2.49. The van der Waals surface area contributed by atoms with Crippen LogP contribution in [0.3, 0.4) is 0 Å². The Labute approximate surface area is 148 Å². The predicted octanol–water partition coefficient (Wildman–Crippen LogP) is 3.31. The van der Waals surface area contributed by atoms with E-state index >= 15 is 0 Å². The van der Waals surface area contributed by atoms with Crippen LogP contribution in [0.4, 0.5) is 0 Å². The predicted molar refractivity (Wildman–Crippen MR) is 98.6 cm³/mol. The fourth-order valence-electron chi connectivity index (χ4n) is 7.83. The van der Waals surface area contributed by atoms with Gasteiger partial charge in [-0.15, -0.1) is 0 Å². The zero-order chi connectivity index (χ0) is 16.9. The minimum atomic E-state index is -0.0233. The van der Waals surface area contributed by atoms with Crippen molar-refractivity contribution in [1.82, 2.24) is 5.32 Å². The van der Waals surface area contributed by atoms with Crippen molar-refractivity contribution in [3.63, 3.8) is 0 Å². The highest BCUT2D eigenvalue weighted by molar-refractivity contribution is 5.10. The molecule has 0 radical (unpaired) electrons. The van der Waals surface area contributed by atoms with Gasteiger partial charge in [-0.25, -0.2) is 0 Å². The van der Waals surface area contributed by atoms with E-state index in [1.165, 1.54) is 44.9 Å². The van der Waals surface area contributed by atoms with Crippen molar-refractivity contribution < 1.29 is 5.11 Å². The van der Waals surface area contributed by atoms with Gasteiger partial charge in [-0.3, -0.25) is 0 Å². The fourth-order valence-corrected chi connectivity index (χ4v) is 7.83. The van der Waals surface area contributed by atoms with Gasteiger partial charge in [0.1, 0.15) is 0 Å². The number of rotatable bonds is 3. The molecule has 0 aromatic heterocycles. The summed E-state index contributed by atoms with van der Waals surface area (Å²) < 4.78 is 0. The first-order valence-electron chi connectivity index (χ1n) is 10.6. The molecule has 4 saturated carbocycles. The van der Waals surface area contributed by atoms with Gasteiger partial charge < -0.3 is 16.2 Å². The van der Waals surface area contributed by atoms with Crippen molar-refractivity contribution in [2.24, 2.45) is 40.2 Å². The molecule has 4 aliphatic rings. The van der Waals surface area contributed by atoms with E-state index in [4.69, 9.17) is 5.73 Å². The van der Waals surface area contributed by atoms with Crippen LogP contribution in [0, 0.1) is 34.5 Å². The Balaban J connectivity index is 1.54. The second-order valence-electron chi connectivity index (χ2n) is 10.0. The first-order chi connectivity index (χ1) is 11.5. The van der Waals surface area contributed by atoms with Crippen LogP contribution < -0.4 is 11.1 Å². The van der Waals surface area contributed by atoms with E-state index in [1.807, 2.05) is 0 Å². The smallest absolute Gasteiger partial charge is 0.0543 e. The highest BCUT2D eigenvalue weighted by atomic mass is 16.3. The highest BCUT2D eigenvalue weighted by Crippen LogP contribution is 2.66. The van der Waals surface area contributed by atoms with E-state index in [-0.39, 0.29) is 6.10 Å². The molecule has 8 atom stereocenters. The number of hydrogen-bond donors (Lipinski definition) is 3. The monoisotopic (exact) mass is 334 g/mol. The van der Waals surface area contributed by atoms with Gasteiger partial charge in [-0.2, -0.15) is 0 Å². The Kier molecular flexibility index (Phi) is 4.50. The molecule has 0 spiro atoms. The van der Waals surface area contributed by atoms with Crippen LogP contribution in [0.1, 0.15) is 71.6 Å². The molecule has 4 N–H and O–H groups in total. The lowest BCUT2D eigenvalue weighted by Crippen LogP contribution is -2.56. The molecule has 0 amide bonds. The van der Waals surface area contributed by atoms with Gasteiger partial charge in [0.05, 0.1) is 6.10 Å². The normalized spacial score (nSPS) is 54.0. The molecule has 0 heterocycles. The minimum absolute atomic E-state index is 0.0233. The van der Waals surface area contributed by atoms with Crippen molar-refractivity contribution in [3.05, 3.63) is 0 Å². The number of aliphatic hydroxyl groups is 1. The maximum atomic E-state index is 10.1. The fraction of sp³-hybridized carbons (Fsp3) is 1.00. The summed E-state index contributed by atoms with van der Waals surface area (Å²) in [5, 5.41) is 13.9. The van der Waals surface area contributed by atoms with E-state index < -0.39 is 0 Å². The third-order valence-electron chi connectivity index (χ3n) is 9.17. The summed E-state index contributed by atoms with van der Waals surface area (Å²) in [6.45, 7) is 6.89. The van der Waals surface area contributed by atoms with Crippen LogP contribution in [-0.4, -0.2) is 30.3 Å². The van der Waals surface area contributed by atoms with Gasteiger partial charge in [0.25, 0.3) is 0 Å². The molecule has 0 unspecified atom stereocenters. The molecule has 24 heavy (non-hydrogen) atoms. The van der Waals surface area contributed by atoms with Gasteiger partial charge >= 0.3 is 0 Å². The maximum Gasteiger partial charge on any atom is 0.0543 e. The Morgan fingerprint density at radius 1 is 0.958 bits per heavy atom.